The summed E-state index contributed by atoms with van der Waals surface area (Å²) < 4.78 is 7.51. The maximum Gasteiger partial charge on any atom is 0.339 e. The highest BCUT2D eigenvalue weighted by molar-refractivity contribution is 7.17. The molecule has 0 fully saturated rings. The van der Waals surface area contributed by atoms with E-state index in [1.165, 1.54) is 11.3 Å². The third-order valence-electron chi connectivity index (χ3n) is 5.65. The summed E-state index contributed by atoms with van der Waals surface area (Å²) in [5.74, 6) is -0.891. The van der Waals surface area contributed by atoms with Crippen LogP contribution < -0.4 is 10.1 Å². The monoisotopic (exact) mass is 474 g/mol. The number of rotatable bonds is 7. The number of carbonyl (C=O) groups is 2. The van der Waals surface area contributed by atoms with Gasteiger partial charge in [0.1, 0.15) is 5.00 Å². The average molecular weight is 475 g/mol. The molecule has 0 spiro atoms. The summed E-state index contributed by atoms with van der Waals surface area (Å²) in [5, 5.41) is 21.3. The van der Waals surface area contributed by atoms with Gasteiger partial charge >= 0.3 is 12.0 Å². The number of hydrogen-bond acceptors (Lipinski definition) is 6. The molecule has 2 aromatic carbocycles. The minimum Gasteiger partial charge on any atom is -0.478 e. The Morgan fingerprint density at radius 1 is 1.00 bits per heavy atom. The molecule has 1 amide bonds. The number of aryl methyl sites for hydroxylation is 1. The van der Waals surface area contributed by atoms with Crippen LogP contribution in [0.4, 0.5) is 5.00 Å². The van der Waals surface area contributed by atoms with Gasteiger partial charge in [0.25, 0.3) is 5.91 Å². The largest absolute Gasteiger partial charge is 0.478 e. The second kappa shape index (κ2) is 9.48. The smallest absolute Gasteiger partial charge is 0.339 e. The molecule has 0 radical (unpaired) electrons. The van der Waals surface area contributed by atoms with Crippen molar-refractivity contribution in [3.8, 4) is 23.1 Å². The number of nitrogens with one attached hydrogen (secondary N) is 1. The Balaban J connectivity index is 1.38. The molecule has 0 aliphatic heterocycles. The molecule has 0 atom stereocenters. The summed E-state index contributed by atoms with van der Waals surface area (Å²) in [5.41, 5.74) is 2.69. The maximum atomic E-state index is 12.7. The van der Waals surface area contributed by atoms with Crippen molar-refractivity contribution in [1.29, 1.82) is 0 Å². The molecule has 1 aliphatic carbocycles. The summed E-state index contributed by atoms with van der Waals surface area (Å²) in [7, 11) is 0. The number of ether oxygens (including phenoxy) is 1. The first-order chi connectivity index (χ1) is 16.6. The minimum atomic E-state index is -1.02. The fraction of sp³-hybridized carbons (Fsp3) is 0.200. The van der Waals surface area contributed by atoms with Gasteiger partial charge in [0.2, 0.25) is 0 Å². The third kappa shape index (κ3) is 4.29. The van der Waals surface area contributed by atoms with Crippen molar-refractivity contribution in [3.05, 3.63) is 76.7 Å². The van der Waals surface area contributed by atoms with Crippen LogP contribution in [-0.2, 0) is 17.6 Å². The lowest BCUT2D eigenvalue weighted by Crippen LogP contribution is -2.22. The number of aromatic carboxylic acids is 1. The van der Waals surface area contributed by atoms with Gasteiger partial charge in [0, 0.05) is 10.4 Å². The predicted octanol–water partition coefficient (Wildman–Crippen LogP) is 4.59. The van der Waals surface area contributed by atoms with Crippen LogP contribution >= 0.6 is 11.3 Å². The Morgan fingerprint density at radius 3 is 2.44 bits per heavy atom. The van der Waals surface area contributed by atoms with Gasteiger partial charge in [-0.05, 0) is 43.4 Å². The molecule has 2 N–H and O–H groups in total. The molecule has 2 aromatic heterocycles. The Hall–Kier alpha value is -3.98. The van der Waals surface area contributed by atoms with Crippen molar-refractivity contribution in [1.82, 2.24) is 14.8 Å². The highest BCUT2D eigenvalue weighted by Gasteiger charge is 2.26. The standard InChI is InChI=1S/C25H22N4O4S/c30-20(26-23-21(24(31)32)18-13-7-8-14-19(18)34-23)15-33-25-28-27-22(16-9-3-1-4-10-16)29(25)17-11-5-2-6-12-17/h1-6,9-12H,7-8,13-15H2,(H,26,30)(H,31,32). The summed E-state index contributed by atoms with van der Waals surface area (Å²) in [4.78, 5) is 25.6. The van der Waals surface area contributed by atoms with E-state index in [4.69, 9.17) is 4.74 Å². The number of carbonyl (C=O) groups excluding carboxylic acids is 1. The van der Waals surface area contributed by atoms with Gasteiger partial charge in [-0.15, -0.1) is 16.4 Å². The van der Waals surface area contributed by atoms with Gasteiger partial charge in [-0.1, -0.05) is 53.6 Å². The number of benzene rings is 2. The van der Waals surface area contributed by atoms with Crippen LogP contribution in [0.3, 0.4) is 0 Å². The van der Waals surface area contributed by atoms with Crippen LogP contribution in [0.5, 0.6) is 6.01 Å². The molecule has 0 unspecified atom stereocenters. The summed E-state index contributed by atoms with van der Waals surface area (Å²) in [6, 6.07) is 19.3. The predicted molar refractivity (Wildman–Crippen MR) is 129 cm³/mol. The lowest BCUT2D eigenvalue weighted by molar-refractivity contribution is -0.118. The number of fused-ring (bicyclic) bond motifs is 1. The number of carboxylic acid groups (broad SMARTS) is 1. The van der Waals surface area contributed by atoms with Crippen molar-refractivity contribution in [2.24, 2.45) is 0 Å². The third-order valence-corrected chi connectivity index (χ3v) is 6.86. The fourth-order valence-corrected chi connectivity index (χ4v) is 5.42. The van der Waals surface area contributed by atoms with E-state index in [1.54, 1.807) is 4.57 Å². The van der Waals surface area contributed by atoms with Crippen LogP contribution in [0, 0.1) is 0 Å². The molecule has 172 valence electrons. The van der Waals surface area contributed by atoms with Gasteiger partial charge in [-0.25, -0.2) is 9.36 Å². The number of anilines is 1. The van der Waals surface area contributed by atoms with E-state index >= 15 is 0 Å². The molecule has 4 aromatic rings. The van der Waals surface area contributed by atoms with E-state index in [0.717, 1.165) is 47.4 Å². The highest BCUT2D eigenvalue weighted by atomic mass is 32.1. The molecule has 34 heavy (non-hydrogen) atoms. The first-order valence-electron chi connectivity index (χ1n) is 11.0. The van der Waals surface area contributed by atoms with Gasteiger partial charge in [0.05, 0.1) is 11.3 Å². The molecular weight excluding hydrogens is 452 g/mol. The molecule has 2 heterocycles. The van der Waals surface area contributed by atoms with Crippen molar-refractivity contribution in [3.63, 3.8) is 0 Å². The number of amides is 1. The second-order valence-corrected chi connectivity index (χ2v) is 9.01. The van der Waals surface area contributed by atoms with Crippen LogP contribution in [0.2, 0.25) is 0 Å². The zero-order valence-electron chi connectivity index (χ0n) is 18.2. The average Bonchev–Trinajstić information content (AvgIpc) is 3.45. The van der Waals surface area contributed by atoms with Gasteiger partial charge in [-0.2, -0.15) is 0 Å². The van der Waals surface area contributed by atoms with E-state index in [2.05, 4.69) is 15.5 Å². The van der Waals surface area contributed by atoms with Crippen LogP contribution in [0.1, 0.15) is 33.6 Å². The quantitative estimate of drug-likeness (QED) is 0.406. The van der Waals surface area contributed by atoms with Gasteiger partial charge in [-0.3, -0.25) is 4.79 Å². The van der Waals surface area contributed by atoms with E-state index in [1.807, 2.05) is 60.7 Å². The van der Waals surface area contributed by atoms with Crippen molar-refractivity contribution >= 4 is 28.2 Å². The highest BCUT2D eigenvalue weighted by Crippen LogP contribution is 2.38. The Kier molecular flexibility index (Phi) is 6.09. The van der Waals surface area contributed by atoms with Gasteiger partial charge < -0.3 is 15.2 Å². The number of para-hydroxylation sites is 1. The minimum absolute atomic E-state index is 0.170. The molecule has 0 saturated carbocycles. The number of carboxylic acids is 1. The first-order valence-corrected chi connectivity index (χ1v) is 11.8. The van der Waals surface area contributed by atoms with E-state index in [9.17, 15) is 14.7 Å². The number of aromatic nitrogens is 3. The van der Waals surface area contributed by atoms with Gasteiger partial charge in [0.15, 0.2) is 12.4 Å². The SMILES string of the molecule is O=C(COc1nnc(-c2ccccc2)n1-c1ccccc1)Nc1sc2c(c1C(=O)O)CCCC2. The topological polar surface area (TPSA) is 106 Å². The fourth-order valence-electron chi connectivity index (χ4n) is 4.12. The van der Waals surface area contributed by atoms with Crippen LogP contribution in [-0.4, -0.2) is 38.4 Å². The van der Waals surface area contributed by atoms with Crippen LogP contribution in [0.25, 0.3) is 17.1 Å². The van der Waals surface area contributed by atoms with Crippen molar-refractivity contribution < 1.29 is 19.4 Å². The summed E-state index contributed by atoms with van der Waals surface area (Å²) >= 11 is 1.34. The molecule has 5 rings (SSSR count). The second-order valence-electron chi connectivity index (χ2n) is 7.90. The first kappa shape index (κ1) is 21.8. The number of hydrogen-bond donors (Lipinski definition) is 2. The molecule has 0 bridgehead atoms. The van der Waals surface area contributed by atoms with E-state index in [-0.39, 0.29) is 18.2 Å². The molecule has 1 aliphatic rings. The molecular formula is C25H22N4O4S. The maximum absolute atomic E-state index is 12.7. The lowest BCUT2D eigenvalue weighted by atomic mass is 9.95. The van der Waals surface area contributed by atoms with E-state index in [0.29, 0.717) is 10.8 Å². The Bertz CT molecular complexity index is 1330. The Morgan fingerprint density at radius 2 is 1.71 bits per heavy atom. The lowest BCUT2D eigenvalue weighted by Gasteiger charge is -2.11. The van der Waals surface area contributed by atoms with Crippen molar-refractivity contribution in [2.45, 2.75) is 25.7 Å². The summed E-state index contributed by atoms with van der Waals surface area (Å²) in [6.07, 6.45) is 3.55. The number of thiophene rings is 1. The summed E-state index contributed by atoms with van der Waals surface area (Å²) in [6.45, 7) is -0.332. The normalized spacial score (nSPS) is 12.7. The Labute approximate surface area is 199 Å². The van der Waals surface area contributed by atoms with Crippen LogP contribution in [0.15, 0.2) is 60.7 Å². The van der Waals surface area contributed by atoms with Crippen molar-refractivity contribution in [2.75, 3.05) is 11.9 Å². The number of nitrogens with zero attached hydrogens (tertiary/aromatic N) is 3. The zero-order valence-corrected chi connectivity index (χ0v) is 19.0. The zero-order chi connectivity index (χ0) is 23.5. The molecule has 0 saturated heterocycles. The molecule has 8 nitrogen and oxygen atoms in total. The van der Waals surface area contributed by atoms with E-state index < -0.39 is 11.9 Å². The molecule has 9 heteroatoms.